The zero-order valence-electron chi connectivity index (χ0n) is 12.5. The summed E-state index contributed by atoms with van der Waals surface area (Å²) < 4.78 is 5.32. The van der Waals surface area contributed by atoms with Crippen molar-refractivity contribution in [2.24, 2.45) is 11.3 Å². The average Bonchev–Trinajstić information content (AvgIpc) is 2.34. The van der Waals surface area contributed by atoms with Crippen molar-refractivity contribution in [3.63, 3.8) is 0 Å². The quantitative estimate of drug-likeness (QED) is 0.582. The number of likely N-dealkylation sites (tertiary alicyclic amines) is 1. The third-order valence-corrected chi connectivity index (χ3v) is 3.66. The van der Waals surface area contributed by atoms with Crippen LogP contribution in [-0.4, -0.2) is 36.5 Å². The van der Waals surface area contributed by atoms with E-state index in [0.29, 0.717) is 18.1 Å². The van der Waals surface area contributed by atoms with Gasteiger partial charge >= 0.3 is 5.97 Å². The van der Waals surface area contributed by atoms with Crippen LogP contribution >= 0.6 is 0 Å². The minimum atomic E-state index is -0.304. The molecule has 4 heteroatoms. The van der Waals surface area contributed by atoms with E-state index in [0.717, 1.165) is 25.9 Å². The minimum Gasteiger partial charge on any atom is -0.462 e. The Morgan fingerprint density at radius 1 is 1.26 bits per heavy atom. The molecular weight excluding hydrogens is 242 g/mol. The molecule has 1 rings (SSSR count). The summed E-state index contributed by atoms with van der Waals surface area (Å²) in [6.07, 6.45) is 1.80. The van der Waals surface area contributed by atoms with Crippen LogP contribution in [0.15, 0.2) is 12.2 Å². The Morgan fingerprint density at radius 2 is 1.79 bits per heavy atom. The van der Waals surface area contributed by atoms with Crippen molar-refractivity contribution in [3.8, 4) is 0 Å². The summed E-state index contributed by atoms with van der Waals surface area (Å²) in [5, 5.41) is 0. The number of esters is 1. The molecule has 1 heterocycles. The van der Waals surface area contributed by atoms with Crippen molar-refractivity contribution in [3.05, 3.63) is 12.2 Å². The van der Waals surface area contributed by atoms with Crippen molar-refractivity contribution in [2.45, 2.75) is 40.5 Å². The van der Waals surface area contributed by atoms with Crippen LogP contribution in [0.4, 0.5) is 0 Å². The van der Waals surface area contributed by atoms with E-state index in [4.69, 9.17) is 4.74 Å². The lowest BCUT2D eigenvalue weighted by molar-refractivity contribution is -0.142. The van der Waals surface area contributed by atoms with Gasteiger partial charge in [-0.15, -0.1) is 0 Å². The van der Waals surface area contributed by atoms with E-state index in [1.54, 1.807) is 6.92 Å². The van der Waals surface area contributed by atoms with Crippen LogP contribution in [-0.2, 0) is 14.3 Å². The maximum atomic E-state index is 11.8. The normalized spacial score (nSPS) is 17.2. The number of piperidine rings is 1. The van der Waals surface area contributed by atoms with Gasteiger partial charge in [0.1, 0.15) is 0 Å². The molecule has 0 bridgehead atoms. The van der Waals surface area contributed by atoms with E-state index in [-0.39, 0.29) is 17.3 Å². The predicted molar refractivity (Wildman–Crippen MR) is 74.5 cm³/mol. The molecule has 0 aromatic carbocycles. The van der Waals surface area contributed by atoms with Crippen molar-refractivity contribution < 1.29 is 14.3 Å². The molecule has 0 unspecified atom stereocenters. The van der Waals surface area contributed by atoms with E-state index in [1.807, 2.05) is 25.7 Å². The number of ether oxygens (including phenoxy) is 1. The Labute approximate surface area is 115 Å². The minimum absolute atomic E-state index is 0.122. The standard InChI is InChI=1S/C15H25NO3/c1-11(15(3,4)5)14(18)19-10-13-6-8-16(9-7-13)12(2)17/h13H,1,6-10H2,2-5H3. The Morgan fingerprint density at radius 3 is 2.21 bits per heavy atom. The summed E-state index contributed by atoms with van der Waals surface area (Å²) in [5.74, 6) is 0.172. The molecule has 0 spiro atoms. The van der Waals surface area contributed by atoms with Gasteiger partial charge in [-0.3, -0.25) is 4.79 Å². The molecule has 1 amide bonds. The summed E-state index contributed by atoms with van der Waals surface area (Å²) in [5.41, 5.74) is 0.253. The van der Waals surface area contributed by atoms with Crippen LogP contribution in [0, 0.1) is 11.3 Å². The summed E-state index contributed by atoms with van der Waals surface area (Å²) in [6, 6.07) is 0. The second-order valence-electron chi connectivity index (χ2n) is 6.28. The van der Waals surface area contributed by atoms with Gasteiger partial charge < -0.3 is 9.64 Å². The van der Waals surface area contributed by atoms with Crippen LogP contribution in [0.25, 0.3) is 0 Å². The van der Waals surface area contributed by atoms with E-state index in [1.165, 1.54) is 0 Å². The van der Waals surface area contributed by atoms with Gasteiger partial charge in [-0.1, -0.05) is 27.4 Å². The molecule has 19 heavy (non-hydrogen) atoms. The summed E-state index contributed by atoms with van der Waals surface area (Å²) in [4.78, 5) is 24.9. The SMILES string of the molecule is C=C(C(=O)OCC1CCN(C(C)=O)CC1)C(C)(C)C. The molecule has 108 valence electrons. The molecule has 1 fully saturated rings. The molecule has 0 saturated carbocycles. The maximum Gasteiger partial charge on any atom is 0.333 e. The third-order valence-electron chi connectivity index (χ3n) is 3.66. The summed E-state index contributed by atoms with van der Waals surface area (Å²) in [7, 11) is 0. The lowest BCUT2D eigenvalue weighted by Gasteiger charge is -2.31. The molecule has 1 aliphatic rings. The Hall–Kier alpha value is -1.32. The number of carbonyl (C=O) groups is 2. The van der Waals surface area contributed by atoms with Crippen LogP contribution in [0.2, 0.25) is 0 Å². The average molecular weight is 267 g/mol. The highest BCUT2D eigenvalue weighted by Gasteiger charge is 2.25. The topological polar surface area (TPSA) is 46.6 Å². The van der Waals surface area contributed by atoms with Gasteiger partial charge in [0, 0.05) is 25.6 Å². The predicted octanol–water partition coefficient (Wildman–Crippen LogP) is 2.39. The van der Waals surface area contributed by atoms with E-state index in [9.17, 15) is 9.59 Å². The molecule has 1 aliphatic heterocycles. The second kappa shape index (κ2) is 6.22. The molecule has 0 aromatic rings. The highest BCUT2D eigenvalue weighted by molar-refractivity contribution is 5.89. The van der Waals surface area contributed by atoms with Crippen molar-refractivity contribution >= 4 is 11.9 Å². The third kappa shape index (κ3) is 4.69. The molecule has 1 saturated heterocycles. The Bertz CT molecular complexity index is 360. The fourth-order valence-electron chi connectivity index (χ4n) is 2.00. The summed E-state index contributed by atoms with van der Waals surface area (Å²) >= 11 is 0. The molecular formula is C15H25NO3. The van der Waals surface area contributed by atoms with Gasteiger partial charge in [-0.05, 0) is 24.2 Å². The maximum absolute atomic E-state index is 11.8. The zero-order valence-corrected chi connectivity index (χ0v) is 12.5. The van der Waals surface area contributed by atoms with Crippen LogP contribution in [0.3, 0.4) is 0 Å². The first kappa shape index (κ1) is 15.7. The highest BCUT2D eigenvalue weighted by atomic mass is 16.5. The van der Waals surface area contributed by atoms with E-state index < -0.39 is 0 Å². The number of hydrogen-bond acceptors (Lipinski definition) is 3. The van der Waals surface area contributed by atoms with Gasteiger partial charge in [-0.25, -0.2) is 4.79 Å². The van der Waals surface area contributed by atoms with Crippen LogP contribution in [0.1, 0.15) is 40.5 Å². The highest BCUT2D eigenvalue weighted by Crippen LogP contribution is 2.25. The first-order valence-corrected chi connectivity index (χ1v) is 6.84. The first-order chi connectivity index (χ1) is 8.71. The molecule has 4 nitrogen and oxygen atoms in total. The number of nitrogens with zero attached hydrogens (tertiary/aromatic N) is 1. The number of amides is 1. The van der Waals surface area contributed by atoms with Crippen LogP contribution in [0.5, 0.6) is 0 Å². The Balaban J connectivity index is 2.33. The fraction of sp³-hybridized carbons (Fsp3) is 0.733. The van der Waals surface area contributed by atoms with Gasteiger partial charge in [0.25, 0.3) is 0 Å². The largest absolute Gasteiger partial charge is 0.462 e. The molecule has 0 N–H and O–H groups in total. The zero-order chi connectivity index (χ0) is 14.6. The molecule has 0 aliphatic carbocycles. The van der Waals surface area contributed by atoms with E-state index >= 15 is 0 Å². The molecule has 0 aromatic heterocycles. The lowest BCUT2D eigenvalue weighted by atomic mass is 9.88. The van der Waals surface area contributed by atoms with Crippen LogP contribution < -0.4 is 0 Å². The number of rotatable bonds is 3. The molecule has 0 atom stereocenters. The second-order valence-corrected chi connectivity index (χ2v) is 6.28. The number of hydrogen-bond donors (Lipinski definition) is 0. The van der Waals surface area contributed by atoms with Crippen molar-refractivity contribution in [1.29, 1.82) is 0 Å². The lowest BCUT2D eigenvalue weighted by Crippen LogP contribution is -2.38. The first-order valence-electron chi connectivity index (χ1n) is 6.84. The van der Waals surface area contributed by atoms with Gasteiger partial charge in [0.2, 0.25) is 5.91 Å². The summed E-state index contributed by atoms with van der Waals surface area (Å²) in [6.45, 7) is 13.2. The molecule has 0 radical (unpaired) electrons. The van der Waals surface area contributed by atoms with Gasteiger partial charge in [0.15, 0.2) is 0 Å². The van der Waals surface area contributed by atoms with Crippen molar-refractivity contribution in [1.82, 2.24) is 4.90 Å². The Kier molecular flexibility index (Phi) is 5.15. The fourth-order valence-corrected chi connectivity index (χ4v) is 2.00. The van der Waals surface area contributed by atoms with E-state index in [2.05, 4.69) is 6.58 Å². The number of carbonyl (C=O) groups excluding carboxylic acids is 2. The van der Waals surface area contributed by atoms with Gasteiger partial charge in [0.05, 0.1) is 6.61 Å². The van der Waals surface area contributed by atoms with Gasteiger partial charge in [-0.2, -0.15) is 0 Å². The monoisotopic (exact) mass is 267 g/mol. The van der Waals surface area contributed by atoms with Crippen molar-refractivity contribution in [2.75, 3.05) is 19.7 Å². The smallest absolute Gasteiger partial charge is 0.333 e.